The third-order valence-electron chi connectivity index (χ3n) is 2.50. The molecule has 0 radical (unpaired) electrons. The van der Waals surface area contributed by atoms with E-state index in [2.05, 4.69) is 0 Å². The van der Waals surface area contributed by atoms with E-state index in [0.29, 0.717) is 15.6 Å². The third-order valence-corrected chi connectivity index (χ3v) is 3.24. The summed E-state index contributed by atoms with van der Waals surface area (Å²) in [6, 6.07) is 9.92. The van der Waals surface area contributed by atoms with Crippen molar-refractivity contribution in [1.29, 1.82) is 5.41 Å². The molecule has 0 spiro atoms. The Morgan fingerprint density at radius 2 is 1.94 bits per heavy atom. The number of carbonyl (C=O) groups is 1. The van der Waals surface area contributed by atoms with Crippen LogP contribution in [0.5, 0.6) is 0 Å². The lowest BCUT2D eigenvalue weighted by Gasteiger charge is -2.06. The summed E-state index contributed by atoms with van der Waals surface area (Å²) >= 11 is 11.7. The molecule has 0 aliphatic carbocycles. The van der Waals surface area contributed by atoms with Gasteiger partial charge >= 0.3 is 0 Å². The molecule has 2 rings (SSSR count). The van der Waals surface area contributed by atoms with Crippen molar-refractivity contribution in [3.05, 3.63) is 63.7 Å². The van der Waals surface area contributed by atoms with E-state index < -0.39 is 0 Å². The minimum absolute atomic E-state index is 0.109. The first kappa shape index (κ1) is 12.9. The van der Waals surface area contributed by atoms with Crippen molar-refractivity contribution < 1.29 is 4.79 Å². The fourth-order valence-corrected chi connectivity index (χ4v) is 1.83. The van der Waals surface area contributed by atoms with Gasteiger partial charge in [0.15, 0.2) is 5.78 Å². The zero-order chi connectivity index (χ0) is 13.1. The maximum absolute atomic E-state index is 12.0. The standard InChI is InChI=1S/C13H10Cl2N2O/c14-10-5-4-9(7-11(10)15)12(18)8-17-6-2-1-3-13(17)16/h1-7,16H,8H2. The predicted octanol–water partition coefficient (Wildman–Crippen LogP) is 3.16. The van der Waals surface area contributed by atoms with Gasteiger partial charge in [0, 0.05) is 11.8 Å². The van der Waals surface area contributed by atoms with E-state index in [0.717, 1.165) is 0 Å². The van der Waals surface area contributed by atoms with Gasteiger partial charge in [-0.3, -0.25) is 10.2 Å². The number of nitrogens with zero attached hydrogens (tertiary/aromatic N) is 1. The normalized spacial score (nSPS) is 10.3. The van der Waals surface area contributed by atoms with E-state index in [-0.39, 0.29) is 17.8 Å². The molecule has 0 fully saturated rings. The summed E-state index contributed by atoms with van der Waals surface area (Å²) in [7, 11) is 0. The Morgan fingerprint density at radius 1 is 1.17 bits per heavy atom. The van der Waals surface area contributed by atoms with E-state index >= 15 is 0 Å². The van der Waals surface area contributed by atoms with Gasteiger partial charge < -0.3 is 4.57 Å². The predicted molar refractivity (Wildman–Crippen MR) is 71.1 cm³/mol. The molecule has 0 aliphatic rings. The summed E-state index contributed by atoms with van der Waals surface area (Å²) in [4.78, 5) is 12.0. The van der Waals surface area contributed by atoms with Gasteiger partial charge in [0.1, 0.15) is 5.49 Å². The molecule has 2 aromatic rings. The molecular weight excluding hydrogens is 271 g/mol. The summed E-state index contributed by atoms with van der Waals surface area (Å²) in [6.45, 7) is 0.109. The maximum Gasteiger partial charge on any atom is 0.182 e. The Kier molecular flexibility index (Phi) is 3.84. The lowest BCUT2D eigenvalue weighted by Crippen LogP contribution is -2.22. The third kappa shape index (κ3) is 2.81. The first-order valence-electron chi connectivity index (χ1n) is 5.26. The second-order valence-electron chi connectivity index (χ2n) is 3.77. The zero-order valence-corrected chi connectivity index (χ0v) is 10.9. The average molecular weight is 281 g/mol. The number of carbonyl (C=O) groups excluding carboxylic acids is 1. The zero-order valence-electron chi connectivity index (χ0n) is 9.36. The molecule has 3 nitrogen and oxygen atoms in total. The topological polar surface area (TPSA) is 45.9 Å². The summed E-state index contributed by atoms with van der Waals surface area (Å²) in [5.41, 5.74) is 0.770. The van der Waals surface area contributed by atoms with Crippen molar-refractivity contribution in [3.63, 3.8) is 0 Å². The Labute approximate surface area is 114 Å². The van der Waals surface area contributed by atoms with Gasteiger partial charge in [0.2, 0.25) is 0 Å². The van der Waals surface area contributed by atoms with Crippen LogP contribution in [0.15, 0.2) is 42.6 Å². The van der Waals surface area contributed by atoms with E-state index in [9.17, 15) is 4.79 Å². The Bertz CT molecular complexity index is 649. The van der Waals surface area contributed by atoms with Crippen molar-refractivity contribution in [3.8, 4) is 0 Å². The first-order chi connectivity index (χ1) is 8.58. The number of aromatic nitrogens is 1. The van der Waals surface area contributed by atoms with Gasteiger partial charge in [-0.2, -0.15) is 0 Å². The van der Waals surface area contributed by atoms with Crippen LogP contribution in [0.4, 0.5) is 0 Å². The highest BCUT2D eigenvalue weighted by Crippen LogP contribution is 2.22. The second-order valence-corrected chi connectivity index (χ2v) is 4.58. The van der Waals surface area contributed by atoms with Gasteiger partial charge in [-0.1, -0.05) is 29.3 Å². The molecule has 1 aromatic carbocycles. The quantitative estimate of drug-likeness (QED) is 0.863. The van der Waals surface area contributed by atoms with Gasteiger partial charge in [0.25, 0.3) is 0 Å². The van der Waals surface area contributed by atoms with Crippen LogP contribution in [0.25, 0.3) is 0 Å². The molecule has 0 saturated heterocycles. The number of halogens is 2. The van der Waals surface area contributed by atoms with Crippen LogP contribution in [-0.4, -0.2) is 10.4 Å². The smallest absolute Gasteiger partial charge is 0.182 e. The number of rotatable bonds is 3. The van der Waals surface area contributed by atoms with Crippen molar-refractivity contribution >= 4 is 29.0 Å². The Balaban J connectivity index is 2.25. The number of hydrogen-bond donors (Lipinski definition) is 1. The molecule has 5 heteroatoms. The molecular formula is C13H10Cl2N2O. The summed E-state index contributed by atoms with van der Waals surface area (Å²) in [5.74, 6) is -0.113. The van der Waals surface area contributed by atoms with Gasteiger partial charge in [-0.15, -0.1) is 0 Å². The lowest BCUT2D eigenvalue weighted by atomic mass is 10.1. The fraction of sp³-hybridized carbons (Fsp3) is 0.0769. The molecule has 0 unspecified atom stereocenters. The highest BCUT2D eigenvalue weighted by atomic mass is 35.5. The molecule has 1 heterocycles. The van der Waals surface area contributed by atoms with Crippen molar-refractivity contribution in [2.45, 2.75) is 6.54 Å². The minimum Gasteiger partial charge on any atom is -0.326 e. The van der Waals surface area contributed by atoms with Crippen LogP contribution >= 0.6 is 23.2 Å². The van der Waals surface area contributed by atoms with Crippen molar-refractivity contribution in [2.75, 3.05) is 0 Å². The highest BCUT2D eigenvalue weighted by molar-refractivity contribution is 6.42. The van der Waals surface area contributed by atoms with E-state index in [1.165, 1.54) is 0 Å². The summed E-state index contributed by atoms with van der Waals surface area (Å²) in [6.07, 6.45) is 1.69. The highest BCUT2D eigenvalue weighted by Gasteiger charge is 2.08. The van der Waals surface area contributed by atoms with Gasteiger partial charge in [-0.05, 0) is 30.3 Å². The van der Waals surface area contributed by atoms with Gasteiger partial charge in [-0.25, -0.2) is 0 Å². The number of hydrogen-bond acceptors (Lipinski definition) is 2. The van der Waals surface area contributed by atoms with Crippen LogP contribution in [0.1, 0.15) is 10.4 Å². The first-order valence-corrected chi connectivity index (χ1v) is 6.02. The monoisotopic (exact) mass is 280 g/mol. The van der Waals surface area contributed by atoms with Crippen LogP contribution < -0.4 is 5.49 Å². The van der Waals surface area contributed by atoms with Gasteiger partial charge in [0.05, 0.1) is 16.6 Å². The number of nitrogens with one attached hydrogen (secondary N) is 1. The number of pyridine rings is 1. The average Bonchev–Trinajstić information content (AvgIpc) is 2.35. The molecule has 0 amide bonds. The molecule has 1 aromatic heterocycles. The number of ketones is 1. The van der Waals surface area contributed by atoms with Crippen LogP contribution in [0.2, 0.25) is 10.0 Å². The molecule has 1 N–H and O–H groups in total. The maximum atomic E-state index is 12.0. The van der Waals surface area contributed by atoms with Crippen LogP contribution in [-0.2, 0) is 6.54 Å². The summed E-state index contributed by atoms with van der Waals surface area (Å²) in [5, 5.41) is 8.44. The fourth-order valence-electron chi connectivity index (χ4n) is 1.53. The van der Waals surface area contributed by atoms with E-state index in [1.807, 2.05) is 0 Å². The lowest BCUT2D eigenvalue weighted by molar-refractivity contribution is 0.0970. The molecule has 92 valence electrons. The van der Waals surface area contributed by atoms with Crippen molar-refractivity contribution in [1.82, 2.24) is 4.57 Å². The Hall–Kier alpha value is -1.58. The minimum atomic E-state index is -0.113. The van der Waals surface area contributed by atoms with E-state index in [4.69, 9.17) is 28.6 Å². The molecule has 0 atom stereocenters. The Morgan fingerprint density at radius 3 is 2.61 bits per heavy atom. The van der Waals surface area contributed by atoms with Crippen LogP contribution in [0.3, 0.4) is 0 Å². The number of Topliss-reactive ketones (excluding diaryl/α,β-unsaturated/α-hetero) is 1. The SMILES string of the molecule is N=c1ccccn1CC(=O)c1ccc(Cl)c(Cl)c1. The number of benzene rings is 1. The molecule has 18 heavy (non-hydrogen) atoms. The molecule has 0 bridgehead atoms. The summed E-state index contributed by atoms with van der Waals surface area (Å²) < 4.78 is 1.56. The second kappa shape index (κ2) is 5.38. The van der Waals surface area contributed by atoms with Crippen molar-refractivity contribution in [2.24, 2.45) is 0 Å². The molecule has 0 aliphatic heterocycles. The largest absolute Gasteiger partial charge is 0.326 e. The van der Waals surface area contributed by atoms with Crippen LogP contribution in [0, 0.1) is 5.41 Å². The van der Waals surface area contributed by atoms with E-state index in [1.54, 1.807) is 47.2 Å². The molecule has 0 saturated carbocycles.